The highest BCUT2D eigenvalue weighted by molar-refractivity contribution is 5.93. The van der Waals surface area contributed by atoms with Gasteiger partial charge in [0.2, 0.25) is 5.88 Å². The third kappa shape index (κ3) is 4.09. The molecular weight excluding hydrogens is 294 g/mol. The van der Waals surface area contributed by atoms with Crippen molar-refractivity contribution in [3.8, 4) is 17.1 Å². The summed E-state index contributed by atoms with van der Waals surface area (Å²) >= 11 is 0. The van der Waals surface area contributed by atoms with Gasteiger partial charge in [0.05, 0.1) is 23.5 Å². The van der Waals surface area contributed by atoms with Crippen LogP contribution in [0.2, 0.25) is 0 Å². The van der Waals surface area contributed by atoms with Crippen molar-refractivity contribution in [3.63, 3.8) is 0 Å². The molecule has 0 atom stereocenters. The Balaban J connectivity index is 2.07. The minimum Gasteiger partial charge on any atom is -0.476 e. The fourth-order valence-corrected chi connectivity index (χ4v) is 1.60. The van der Waals surface area contributed by atoms with E-state index in [4.69, 9.17) is 15.9 Å². The second-order valence-electron chi connectivity index (χ2n) is 5.81. The number of nitrogens with two attached hydrogens (primary N) is 1. The van der Waals surface area contributed by atoms with E-state index < -0.39 is 5.41 Å². The second-order valence-corrected chi connectivity index (χ2v) is 5.81. The van der Waals surface area contributed by atoms with Gasteiger partial charge in [-0.1, -0.05) is 0 Å². The summed E-state index contributed by atoms with van der Waals surface area (Å²) in [5, 5.41) is 7.31. The molecule has 0 spiro atoms. The first-order valence-corrected chi connectivity index (χ1v) is 7.06. The topological polar surface area (TPSA) is 115 Å². The smallest absolute Gasteiger partial charge is 0.232 e. The second kappa shape index (κ2) is 6.51. The number of Topliss-reactive ketones (excluding diaryl/α,β-unsaturated/α-hetero) is 1. The zero-order valence-corrected chi connectivity index (χ0v) is 13.3. The molecular formula is C16H19N5O2. The summed E-state index contributed by atoms with van der Waals surface area (Å²) in [7, 11) is 0. The Kier molecular flexibility index (Phi) is 4.68. The Morgan fingerprint density at radius 3 is 2.43 bits per heavy atom. The number of rotatable bonds is 6. The van der Waals surface area contributed by atoms with Crippen LogP contribution >= 0.6 is 0 Å². The lowest BCUT2D eigenvalue weighted by atomic mass is 9.90. The third-order valence-electron chi connectivity index (χ3n) is 3.50. The van der Waals surface area contributed by atoms with E-state index in [2.05, 4.69) is 15.0 Å². The molecule has 0 aliphatic heterocycles. The molecule has 0 unspecified atom stereocenters. The van der Waals surface area contributed by atoms with Gasteiger partial charge < -0.3 is 10.5 Å². The number of pyridine rings is 1. The number of nitrogens with one attached hydrogen (secondary N) is 1. The van der Waals surface area contributed by atoms with E-state index >= 15 is 0 Å². The number of nitrogens with zero attached hydrogens (tertiary/aromatic N) is 3. The molecule has 0 saturated heterocycles. The maximum absolute atomic E-state index is 11.5. The molecule has 7 nitrogen and oxygen atoms in total. The maximum atomic E-state index is 11.5. The molecule has 2 heterocycles. The monoisotopic (exact) mass is 313 g/mol. The van der Waals surface area contributed by atoms with Crippen LogP contribution in [0.5, 0.6) is 5.88 Å². The number of ether oxygens (including phenoxy) is 1. The molecule has 7 heteroatoms. The van der Waals surface area contributed by atoms with Crippen molar-refractivity contribution in [1.82, 2.24) is 15.0 Å². The highest BCUT2D eigenvalue weighted by Crippen LogP contribution is 2.20. The van der Waals surface area contributed by atoms with Crippen LogP contribution in [-0.2, 0) is 4.79 Å². The molecule has 2 aromatic heterocycles. The summed E-state index contributed by atoms with van der Waals surface area (Å²) in [6, 6.07) is 3.42. The molecule has 2 aromatic rings. The minimum atomic E-state index is -0.563. The van der Waals surface area contributed by atoms with Crippen LogP contribution in [0.4, 0.5) is 0 Å². The maximum Gasteiger partial charge on any atom is 0.232 e. The summed E-state index contributed by atoms with van der Waals surface area (Å²) in [5.74, 6) is 0.328. The first-order chi connectivity index (χ1) is 10.8. The van der Waals surface area contributed by atoms with Crippen molar-refractivity contribution >= 4 is 11.6 Å². The number of nitrogen functional groups attached to an aromatic ring is 1. The van der Waals surface area contributed by atoms with Crippen molar-refractivity contribution in [3.05, 3.63) is 36.4 Å². The van der Waals surface area contributed by atoms with Gasteiger partial charge in [-0.05, 0) is 32.9 Å². The van der Waals surface area contributed by atoms with Gasteiger partial charge in [0.15, 0.2) is 0 Å². The number of hydrogen-bond acceptors (Lipinski definition) is 6. The minimum absolute atomic E-state index is 0.0544. The van der Waals surface area contributed by atoms with Crippen molar-refractivity contribution in [2.24, 2.45) is 11.1 Å². The number of hydrogen-bond donors (Lipinski definition) is 2. The van der Waals surface area contributed by atoms with Crippen LogP contribution in [0.1, 0.15) is 26.5 Å². The summed E-state index contributed by atoms with van der Waals surface area (Å²) in [6.07, 6.45) is 4.66. The van der Waals surface area contributed by atoms with Crippen molar-refractivity contribution in [2.75, 3.05) is 6.61 Å². The van der Waals surface area contributed by atoms with Crippen LogP contribution in [0, 0.1) is 10.8 Å². The van der Waals surface area contributed by atoms with Gasteiger partial charge in [0.1, 0.15) is 23.9 Å². The molecule has 2 rings (SSSR count). The third-order valence-corrected chi connectivity index (χ3v) is 3.50. The normalized spacial score (nSPS) is 11.1. The van der Waals surface area contributed by atoms with E-state index in [0.29, 0.717) is 17.3 Å². The first-order valence-electron chi connectivity index (χ1n) is 7.06. The van der Waals surface area contributed by atoms with Crippen LogP contribution in [0.25, 0.3) is 11.3 Å². The predicted molar refractivity (Wildman–Crippen MR) is 86.2 cm³/mol. The van der Waals surface area contributed by atoms with Gasteiger partial charge in [-0.25, -0.2) is 9.97 Å². The molecule has 0 aromatic carbocycles. The quantitative estimate of drug-likeness (QED) is 0.621. The van der Waals surface area contributed by atoms with Crippen LogP contribution in [0.15, 0.2) is 30.7 Å². The zero-order valence-electron chi connectivity index (χ0n) is 13.3. The van der Waals surface area contributed by atoms with E-state index in [9.17, 15) is 4.79 Å². The Morgan fingerprint density at radius 1 is 1.22 bits per heavy atom. The van der Waals surface area contributed by atoms with E-state index in [1.165, 1.54) is 13.1 Å². The summed E-state index contributed by atoms with van der Waals surface area (Å²) in [4.78, 5) is 24.0. The molecule has 0 fully saturated rings. The summed E-state index contributed by atoms with van der Waals surface area (Å²) < 4.78 is 5.52. The standard InChI is InChI=1S/C16H19N5O2/c1-10(22)16(2,3)9-23-14-8-20-13(7-21-14)11-4-5-12(15(17)18)19-6-11/h4-8H,9H2,1-3H3,(H3,17,18). The number of carbonyl (C=O) groups is 1. The Labute approximate surface area is 134 Å². The Morgan fingerprint density at radius 2 is 1.96 bits per heavy atom. The predicted octanol–water partition coefficient (Wildman–Crippen LogP) is 1.82. The molecule has 0 radical (unpaired) electrons. The van der Waals surface area contributed by atoms with Gasteiger partial charge in [0, 0.05) is 11.8 Å². The fourth-order valence-electron chi connectivity index (χ4n) is 1.60. The van der Waals surface area contributed by atoms with Gasteiger partial charge in [0.25, 0.3) is 0 Å². The summed E-state index contributed by atoms with van der Waals surface area (Å²) in [5.41, 5.74) is 6.60. The Bertz CT molecular complexity index is 708. The molecule has 0 amide bonds. The number of amidine groups is 1. The Hall–Kier alpha value is -2.83. The lowest BCUT2D eigenvalue weighted by Gasteiger charge is -2.20. The lowest BCUT2D eigenvalue weighted by Crippen LogP contribution is -2.29. The van der Waals surface area contributed by atoms with Gasteiger partial charge in [-0.2, -0.15) is 0 Å². The highest BCUT2D eigenvalue weighted by Gasteiger charge is 2.24. The van der Waals surface area contributed by atoms with E-state index in [1.807, 2.05) is 13.8 Å². The van der Waals surface area contributed by atoms with Crippen LogP contribution < -0.4 is 10.5 Å². The van der Waals surface area contributed by atoms with Crippen LogP contribution in [0.3, 0.4) is 0 Å². The molecule has 120 valence electrons. The molecule has 23 heavy (non-hydrogen) atoms. The van der Waals surface area contributed by atoms with Gasteiger partial charge in [-0.3, -0.25) is 15.2 Å². The number of aromatic nitrogens is 3. The van der Waals surface area contributed by atoms with E-state index in [1.54, 1.807) is 24.5 Å². The van der Waals surface area contributed by atoms with Crippen molar-refractivity contribution in [1.29, 1.82) is 5.41 Å². The lowest BCUT2D eigenvalue weighted by molar-refractivity contribution is -0.126. The fraction of sp³-hybridized carbons (Fsp3) is 0.312. The average Bonchev–Trinajstić information content (AvgIpc) is 2.53. The zero-order chi connectivity index (χ0) is 17.0. The molecule has 0 saturated carbocycles. The van der Waals surface area contributed by atoms with Crippen molar-refractivity contribution in [2.45, 2.75) is 20.8 Å². The van der Waals surface area contributed by atoms with Gasteiger partial charge >= 0.3 is 0 Å². The molecule has 0 aliphatic carbocycles. The van der Waals surface area contributed by atoms with Gasteiger partial charge in [-0.15, -0.1) is 0 Å². The SMILES string of the molecule is CC(=O)C(C)(C)COc1cnc(-c2ccc(C(=N)N)nc2)cn1. The van der Waals surface area contributed by atoms with Crippen LogP contribution in [-0.4, -0.2) is 33.2 Å². The highest BCUT2D eigenvalue weighted by atomic mass is 16.5. The van der Waals surface area contributed by atoms with Crippen molar-refractivity contribution < 1.29 is 9.53 Å². The first kappa shape index (κ1) is 16.5. The van der Waals surface area contributed by atoms with E-state index in [0.717, 1.165) is 5.56 Å². The molecule has 3 N–H and O–H groups in total. The molecule has 0 bridgehead atoms. The largest absolute Gasteiger partial charge is 0.476 e. The number of carbonyl (C=O) groups excluding carboxylic acids is 1. The van der Waals surface area contributed by atoms with E-state index in [-0.39, 0.29) is 18.2 Å². The summed E-state index contributed by atoms with van der Waals surface area (Å²) in [6.45, 7) is 5.42. The average molecular weight is 313 g/mol. The molecule has 0 aliphatic rings. The number of ketones is 1.